The fourth-order valence-electron chi connectivity index (χ4n) is 3.18. The molecule has 0 aliphatic rings. The molecule has 7 nitrogen and oxygen atoms in total. The quantitative estimate of drug-likeness (QED) is 0.502. The predicted molar refractivity (Wildman–Crippen MR) is 118 cm³/mol. The maximum atomic E-state index is 13.5. The Hall–Kier alpha value is -3.39. The van der Waals surface area contributed by atoms with Gasteiger partial charge in [0, 0.05) is 10.5 Å². The molecule has 29 heavy (non-hydrogen) atoms. The molecular formula is C21H20N6OS. The second-order valence-corrected chi connectivity index (χ2v) is 7.37. The van der Waals surface area contributed by atoms with Crippen molar-refractivity contribution in [2.75, 3.05) is 17.7 Å². The van der Waals surface area contributed by atoms with Crippen LogP contribution in [0.4, 0.5) is 11.8 Å². The van der Waals surface area contributed by atoms with Crippen LogP contribution in [0.3, 0.4) is 0 Å². The first-order valence-corrected chi connectivity index (χ1v) is 10.3. The van der Waals surface area contributed by atoms with Crippen LogP contribution in [-0.4, -0.2) is 25.8 Å². The van der Waals surface area contributed by atoms with Crippen molar-refractivity contribution in [3.63, 3.8) is 0 Å². The normalized spacial score (nSPS) is 11.1. The van der Waals surface area contributed by atoms with Gasteiger partial charge in [-0.15, -0.1) is 11.8 Å². The van der Waals surface area contributed by atoms with E-state index in [4.69, 9.17) is 11.5 Å². The van der Waals surface area contributed by atoms with E-state index in [0.29, 0.717) is 11.5 Å². The van der Waals surface area contributed by atoms with Crippen LogP contribution in [0.25, 0.3) is 28.1 Å². The number of nitrogen functional groups attached to an aromatic ring is 2. The summed E-state index contributed by atoms with van der Waals surface area (Å²) in [5.74, 6) is 0.473. The maximum absolute atomic E-state index is 13.5. The number of hydrogen-bond acceptors (Lipinski definition) is 7. The summed E-state index contributed by atoms with van der Waals surface area (Å²) in [4.78, 5) is 27.3. The molecule has 0 spiro atoms. The molecule has 4 aromatic rings. The minimum absolute atomic E-state index is 0.0179. The van der Waals surface area contributed by atoms with Crippen molar-refractivity contribution >= 4 is 34.6 Å². The first-order valence-electron chi connectivity index (χ1n) is 9.11. The van der Waals surface area contributed by atoms with Crippen LogP contribution in [0.1, 0.15) is 12.5 Å². The summed E-state index contributed by atoms with van der Waals surface area (Å²) in [5, 5.41) is 0.156. The Bertz CT molecular complexity index is 1250. The van der Waals surface area contributed by atoms with Gasteiger partial charge in [0.15, 0.2) is 5.65 Å². The lowest BCUT2D eigenvalue weighted by Gasteiger charge is -2.15. The first-order chi connectivity index (χ1) is 14.0. The van der Waals surface area contributed by atoms with E-state index in [1.54, 1.807) is 16.3 Å². The number of aromatic nitrogens is 4. The van der Waals surface area contributed by atoms with Gasteiger partial charge in [-0.05, 0) is 42.5 Å². The van der Waals surface area contributed by atoms with Crippen molar-refractivity contribution in [3.8, 4) is 17.1 Å². The molecule has 146 valence electrons. The molecule has 0 saturated carbocycles. The largest absolute Gasteiger partial charge is 0.383 e. The molecule has 4 N–H and O–H groups in total. The summed E-state index contributed by atoms with van der Waals surface area (Å²) in [6.45, 7) is 2.08. The van der Waals surface area contributed by atoms with E-state index in [0.717, 1.165) is 16.9 Å². The Morgan fingerprint density at radius 3 is 2.28 bits per heavy atom. The van der Waals surface area contributed by atoms with E-state index in [-0.39, 0.29) is 28.4 Å². The highest BCUT2D eigenvalue weighted by atomic mass is 32.2. The Balaban J connectivity index is 2.06. The first kappa shape index (κ1) is 18.9. The number of nitrogens with two attached hydrogens (primary N) is 2. The third kappa shape index (κ3) is 3.42. The summed E-state index contributed by atoms with van der Waals surface area (Å²) in [7, 11) is 0. The van der Waals surface area contributed by atoms with Gasteiger partial charge in [-0.1, -0.05) is 31.2 Å². The minimum atomic E-state index is -0.333. The Labute approximate surface area is 171 Å². The summed E-state index contributed by atoms with van der Waals surface area (Å²) in [6.07, 6.45) is 2.92. The van der Waals surface area contributed by atoms with Crippen molar-refractivity contribution < 1.29 is 0 Å². The summed E-state index contributed by atoms with van der Waals surface area (Å²) >= 11 is 1.64. The number of nitrogens with zero attached hydrogens (tertiary/aromatic N) is 4. The van der Waals surface area contributed by atoms with Gasteiger partial charge in [-0.2, -0.15) is 9.97 Å². The number of hydrogen-bond donors (Lipinski definition) is 2. The van der Waals surface area contributed by atoms with Crippen molar-refractivity contribution in [2.24, 2.45) is 0 Å². The molecular weight excluding hydrogens is 384 g/mol. The topological polar surface area (TPSA) is 113 Å². The highest BCUT2D eigenvalue weighted by Crippen LogP contribution is 2.25. The molecule has 8 heteroatoms. The molecule has 2 aromatic heterocycles. The number of thioether (sulfide) groups is 1. The molecule has 0 atom stereocenters. The number of benzene rings is 2. The Kier molecular flexibility index (Phi) is 4.94. The molecule has 0 aliphatic carbocycles. The van der Waals surface area contributed by atoms with Gasteiger partial charge in [0.1, 0.15) is 17.0 Å². The number of rotatable bonds is 4. The molecule has 0 amide bonds. The molecule has 0 radical (unpaired) electrons. The van der Waals surface area contributed by atoms with Gasteiger partial charge in [0.2, 0.25) is 5.95 Å². The highest BCUT2D eigenvalue weighted by Gasteiger charge is 2.18. The summed E-state index contributed by atoms with van der Waals surface area (Å²) < 4.78 is 1.55. The third-order valence-electron chi connectivity index (χ3n) is 4.73. The van der Waals surface area contributed by atoms with Crippen LogP contribution in [0.5, 0.6) is 0 Å². The zero-order chi connectivity index (χ0) is 20.5. The smallest absolute Gasteiger partial charge is 0.271 e. The van der Waals surface area contributed by atoms with Gasteiger partial charge in [-0.25, -0.2) is 4.98 Å². The van der Waals surface area contributed by atoms with E-state index in [1.807, 2.05) is 54.8 Å². The number of aryl methyl sites for hydroxylation is 1. The average Bonchev–Trinajstić information content (AvgIpc) is 2.73. The lowest BCUT2D eigenvalue weighted by molar-refractivity contribution is 0.963. The SMILES string of the molecule is CCc1ccc(-n2c(-c3ccc(SC)cc3)nc3nc(N)nc(N)c3c2=O)cc1. The minimum Gasteiger partial charge on any atom is -0.383 e. The molecule has 2 heterocycles. The summed E-state index contributed by atoms with van der Waals surface area (Å²) in [6, 6.07) is 15.6. The number of fused-ring (bicyclic) bond motifs is 1. The Morgan fingerprint density at radius 2 is 1.66 bits per heavy atom. The van der Waals surface area contributed by atoms with Crippen LogP contribution in [-0.2, 0) is 6.42 Å². The van der Waals surface area contributed by atoms with E-state index in [1.165, 1.54) is 5.56 Å². The van der Waals surface area contributed by atoms with Crippen LogP contribution >= 0.6 is 11.8 Å². The second-order valence-electron chi connectivity index (χ2n) is 6.49. The summed E-state index contributed by atoms with van der Waals surface area (Å²) in [5.41, 5.74) is 14.2. The van der Waals surface area contributed by atoms with Crippen LogP contribution in [0, 0.1) is 0 Å². The van der Waals surface area contributed by atoms with Crippen LogP contribution < -0.4 is 17.0 Å². The molecule has 0 aliphatic heterocycles. The van der Waals surface area contributed by atoms with Gasteiger partial charge < -0.3 is 11.5 Å². The number of anilines is 2. The zero-order valence-electron chi connectivity index (χ0n) is 16.1. The van der Waals surface area contributed by atoms with Crippen molar-refractivity contribution in [1.29, 1.82) is 0 Å². The fourth-order valence-corrected chi connectivity index (χ4v) is 3.59. The maximum Gasteiger partial charge on any atom is 0.271 e. The van der Waals surface area contributed by atoms with E-state index >= 15 is 0 Å². The average molecular weight is 404 g/mol. The van der Waals surface area contributed by atoms with Crippen LogP contribution in [0.2, 0.25) is 0 Å². The molecule has 0 saturated heterocycles. The van der Waals surface area contributed by atoms with Crippen molar-refractivity contribution in [3.05, 3.63) is 64.4 Å². The van der Waals surface area contributed by atoms with Gasteiger partial charge >= 0.3 is 0 Å². The fraction of sp³-hybridized carbons (Fsp3) is 0.143. The highest BCUT2D eigenvalue weighted by molar-refractivity contribution is 7.98. The standard InChI is InChI=1S/C21H20N6OS/c1-3-12-4-8-14(9-5-12)27-19(13-6-10-15(29-2)11-7-13)25-18-16(20(27)28)17(22)24-21(23)26-18/h4-11H,3H2,1-2H3,(H4,22,23,24,26). The van der Waals surface area contributed by atoms with E-state index in [9.17, 15) is 4.79 Å². The molecule has 2 aromatic carbocycles. The van der Waals surface area contributed by atoms with E-state index in [2.05, 4.69) is 21.9 Å². The lowest BCUT2D eigenvalue weighted by atomic mass is 10.1. The Morgan fingerprint density at radius 1 is 0.966 bits per heavy atom. The molecule has 0 unspecified atom stereocenters. The lowest BCUT2D eigenvalue weighted by Crippen LogP contribution is -2.24. The van der Waals surface area contributed by atoms with Crippen molar-refractivity contribution in [1.82, 2.24) is 19.5 Å². The molecule has 4 rings (SSSR count). The zero-order valence-corrected chi connectivity index (χ0v) is 16.9. The monoisotopic (exact) mass is 404 g/mol. The van der Waals surface area contributed by atoms with Gasteiger partial charge in [0.05, 0.1) is 5.69 Å². The molecule has 0 bridgehead atoms. The third-order valence-corrected chi connectivity index (χ3v) is 5.47. The van der Waals surface area contributed by atoms with Gasteiger partial charge in [0.25, 0.3) is 5.56 Å². The molecule has 0 fully saturated rings. The van der Waals surface area contributed by atoms with Crippen LogP contribution in [0.15, 0.2) is 58.2 Å². The second kappa shape index (κ2) is 7.56. The van der Waals surface area contributed by atoms with E-state index < -0.39 is 0 Å². The predicted octanol–water partition coefficient (Wildman–Crippen LogP) is 3.29. The van der Waals surface area contributed by atoms with Crippen molar-refractivity contribution in [2.45, 2.75) is 18.2 Å². The van der Waals surface area contributed by atoms with Gasteiger partial charge in [-0.3, -0.25) is 9.36 Å².